The van der Waals surface area contributed by atoms with Crippen molar-refractivity contribution in [3.05, 3.63) is 188 Å². The third-order valence-corrected chi connectivity index (χ3v) is 10.5. The summed E-state index contributed by atoms with van der Waals surface area (Å²) >= 11 is 0. The molecule has 56 heavy (non-hydrogen) atoms. The standard InChI is InChI=1S/C50H31N5O/c1-3-12-33(13-4-1)47-52-48(34-14-5-2-6-15-34)54-49(53-47)35-24-22-32(23-25-35)36-26-27-38-31-39(29-28-37(38)30-36)55-43-19-9-7-16-40(43)46-41(17-11-20-44(46)55)50-51-42-18-8-10-21-45(42)56-50/h1-31H. The van der Waals surface area contributed by atoms with Crippen LogP contribution in [0.5, 0.6) is 0 Å². The topological polar surface area (TPSA) is 69.6 Å². The molecule has 0 aliphatic heterocycles. The molecule has 6 heteroatoms. The van der Waals surface area contributed by atoms with Gasteiger partial charge in [-0.1, -0.05) is 140 Å². The highest BCUT2D eigenvalue weighted by Crippen LogP contribution is 2.39. The second-order valence-electron chi connectivity index (χ2n) is 13.9. The van der Waals surface area contributed by atoms with E-state index in [1.807, 2.05) is 84.9 Å². The van der Waals surface area contributed by atoms with Gasteiger partial charge in [0.2, 0.25) is 5.89 Å². The molecule has 0 N–H and O–H groups in total. The van der Waals surface area contributed by atoms with Gasteiger partial charge >= 0.3 is 0 Å². The Balaban J connectivity index is 0.951. The maximum atomic E-state index is 6.27. The number of fused-ring (bicyclic) bond motifs is 5. The molecule has 0 radical (unpaired) electrons. The fraction of sp³-hybridized carbons (Fsp3) is 0. The van der Waals surface area contributed by atoms with Crippen molar-refractivity contribution in [3.8, 4) is 62.4 Å². The first-order chi connectivity index (χ1) is 27.7. The van der Waals surface area contributed by atoms with Crippen molar-refractivity contribution in [2.45, 2.75) is 0 Å². The van der Waals surface area contributed by atoms with Crippen LogP contribution < -0.4 is 0 Å². The lowest BCUT2D eigenvalue weighted by Gasteiger charge is -2.11. The van der Waals surface area contributed by atoms with Crippen LogP contribution in [-0.4, -0.2) is 24.5 Å². The number of nitrogens with zero attached hydrogens (tertiary/aromatic N) is 5. The molecule has 0 spiro atoms. The predicted molar refractivity (Wildman–Crippen MR) is 226 cm³/mol. The molecular weight excluding hydrogens is 687 g/mol. The molecular formula is C50H31N5O. The number of aromatic nitrogens is 5. The fourth-order valence-electron chi connectivity index (χ4n) is 7.76. The first-order valence-electron chi connectivity index (χ1n) is 18.6. The van der Waals surface area contributed by atoms with Gasteiger partial charge in [-0.05, 0) is 70.4 Å². The van der Waals surface area contributed by atoms with Gasteiger partial charge in [-0.2, -0.15) is 0 Å². The van der Waals surface area contributed by atoms with Crippen LogP contribution in [0.2, 0.25) is 0 Å². The molecule has 3 aromatic heterocycles. The van der Waals surface area contributed by atoms with E-state index in [0.717, 1.165) is 77.4 Å². The van der Waals surface area contributed by atoms with E-state index in [9.17, 15) is 0 Å². The predicted octanol–water partition coefficient (Wildman–Crippen LogP) is 12.6. The van der Waals surface area contributed by atoms with Gasteiger partial charge in [0.25, 0.3) is 0 Å². The number of rotatable bonds is 6. The third-order valence-electron chi connectivity index (χ3n) is 10.5. The Hall–Kier alpha value is -7.70. The molecule has 262 valence electrons. The first kappa shape index (κ1) is 31.8. The molecule has 3 heterocycles. The molecule has 6 nitrogen and oxygen atoms in total. The minimum atomic E-state index is 0.626. The normalized spacial score (nSPS) is 11.6. The van der Waals surface area contributed by atoms with Gasteiger partial charge in [0.15, 0.2) is 23.1 Å². The number of para-hydroxylation sites is 3. The lowest BCUT2D eigenvalue weighted by Crippen LogP contribution is -2.00. The van der Waals surface area contributed by atoms with Gasteiger partial charge in [-0.15, -0.1) is 0 Å². The van der Waals surface area contributed by atoms with Crippen molar-refractivity contribution in [1.82, 2.24) is 24.5 Å². The minimum absolute atomic E-state index is 0.626. The molecule has 0 bridgehead atoms. The van der Waals surface area contributed by atoms with E-state index in [0.29, 0.717) is 23.4 Å². The Morgan fingerprint density at radius 3 is 1.70 bits per heavy atom. The van der Waals surface area contributed by atoms with Gasteiger partial charge in [0, 0.05) is 38.7 Å². The third kappa shape index (κ3) is 5.43. The average molecular weight is 718 g/mol. The number of hydrogen-bond acceptors (Lipinski definition) is 5. The van der Waals surface area contributed by atoms with Crippen LogP contribution in [0.3, 0.4) is 0 Å². The first-order valence-corrected chi connectivity index (χ1v) is 18.6. The van der Waals surface area contributed by atoms with E-state index in [4.69, 9.17) is 24.4 Å². The summed E-state index contributed by atoms with van der Waals surface area (Å²) in [5, 5.41) is 4.61. The molecule has 0 atom stereocenters. The summed E-state index contributed by atoms with van der Waals surface area (Å²) in [5.41, 5.74) is 11.0. The van der Waals surface area contributed by atoms with Crippen LogP contribution in [0.25, 0.3) is 106 Å². The van der Waals surface area contributed by atoms with Gasteiger partial charge in [0.1, 0.15) is 5.52 Å². The monoisotopic (exact) mass is 717 g/mol. The van der Waals surface area contributed by atoms with Crippen LogP contribution in [0.4, 0.5) is 0 Å². The lowest BCUT2D eigenvalue weighted by molar-refractivity contribution is 0.620. The van der Waals surface area contributed by atoms with Crippen LogP contribution >= 0.6 is 0 Å². The zero-order valence-corrected chi connectivity index (χ0v) is 30.0. The minimum Gasteiger partial charge on any atom is -0.436 e. The van der Waals surface area contributed by atoms with Crippen molar-refractivity contribution in [2.75, 3.05) is 0 Å². The quantitative estimate of drug-likeness (QED) is 0.171. The zero-order valence-electron chi connectivity index (χ0n) is 30.0. The highest BCUT2D eigenvalue weighted by Gasteiger charge is 2.19. The summed E-state index contributed by atoms with van der Waals surface area (Å²) in [5.74, 6) is 2.57. The molecule has 0 amide bonds. The Morgan fingerprint density at radius 1 is 0.393 bits per heavy atom. The highest BCUT2D eigenvalue weighted by molar-refractivity contribution is 6.15. The Bertz CT molecular complexity index is 3150. The molecule has 0 aliphatic carbocycles. The van der Waals surface area contributed by atoms with Crippen molar-refractivity contribution in [3.63, 3.8) is 0 Å². The fourth-order valence-corrected chi connectivity index (χ4v) is 7.76. The second kappa shape index (κ2) is 13.0. The molecule has 0 saturated heterocycles. The van der Waals surface area contributed by atoms with E-state index >= 15 is 0 Å². The van der Waals surface area contributed by atoms with Gasteiger partial charge in [-0.25, -0.2) is 19.9 Å². The Labute approximate surface area is 322 Å². The largest absolute Gasteiger partial charge is 0.436 e. The van der Waals surface area contributed by atoms with E-state index in [1.54, 1.807) is 0 Å². The van der Waals surface area contributed by atoms with Gasteiger partial charge < -0.3 is 8.98 Å². The van der Waals surface area contributed by atoms with E-state index in [-0.39, 0.29) is 0 Å². The highest BCUT2D eigenvalue weighted by atomic mass is 16.3. The number of hydrogen-bond donors (Lipinski definition) is 0. The number of benzene rings is 8. The number of oxazole rings is 1. The summed E-state index contributed by atoms with van der Waals surface area (Å²) in [4.78, 5) is 19.5. The Morgan fingerprint density at radius 2 is 0.964 bits per heavy atom. The molecule has 0 fully saturated rings. The molecule has 0 saturated carbocycles. The zero-order chi connectivity index (χ0) is 37.0. The smallest absolute Gasteiger partial charge is 0.228 e. The second-order valence-corrected chi connectivity index (χ2v) is 13.9. The molecule has 11 rings (SSSR count). The summed E-state index contributed by atoms with van der Waals surface area (Å²) < 4.78 is 8.62. The van der Waals surface area contributed by atoms with Crippen molar-refractivity contribution in [2.24, 2.45) is 0 Å². The summed E-state index contributed by atoms with van der Waals surface area (Å²) in [6.45, 7) is 0. The molecule has 11 aromatic rings. The molecule has 0 unspecified atom stereocenters. The lowest BCUT2D eigenvalue weighted by atomic mass is 9.99. The van der Waals surface area contributed by atoms with E-state index in [2.05, 4.69) is 108 Å². The van der Waals surface area contributed by atoms with Crippen LogP contribution in [-0.2, 0) is 0 Å². The van der Waals surface area contributed by atoms with E-state index in [1.165, 1.54) is 5.39 Å². The van der Waals surface area contributed by atoms with Gasteiger partial charge in [0.05, 0.1) is 11.0 Å². The van der Waals surface area contributed by atoms with Crippen molar-refractivity contribution < 1.29 is 4.42 Å². The van der Waals surface area contributed by atoms with Crippen LogP contribution in [0.1, 0.15) is 0 Å². The van der Waals surface area contributed by atoms with Crippen molar-refractivity contribution >= 4 is 43.7 Å². The summed E-state index contributed by atoms with van der Waals surface area (Å²) in [6.07, 6.45) is 0. The summed E-state index contributed by atoms with van der Waals surface area (Å²) in [7, 11) is 0. The maximum absolute atomic E-state index is 6.27. The SMILES string of the molecule is c1ccc(-c2nc(-c3ccccc3)nc(-c3ccc(-c4ccc5cc(-n6c7ccccc7c7c(-c8nc9ccccc9o8)cccc76)ccc5c4)cc3)n2)cc1. The van der Waals surface area contributed by atoms with Crippen LogP contribution in [0.15, 0.2) is 192 Å². The molecule has 8 aromatic carbocycles. The molecule has 0 aliphatic rings. The van der Waals surface area contributed by atoms with E-state index < -0.39 is 0 Å². The maximum Gasteiger partial charge on any atom is 0.228 e. The summed E-state index contributed by atoms with van der Waals surface area (Å²) in [6, 6.07) is 64.8. The average Bonchev–Trinajstić information content (AvgIpc) is 3.86. The van der Waals surface area contributed by atoms with Crippen LogP contribution in [0, 0.1) is 0 Å². The Kier molecular flexibility index (Phi) is 7.38. The van der Waals surface area contributed by atoms with Crippen molar-refractivity contribution in [1.29, 1.82) is 0 Å². The van der Waals surface area contributed by atoms with Gasteiger partial charge in [-0.3, -0.25) is 0 Å².